The van der Waals surface area contributed by atoms with E-state index in [1.54, 1.807) is 12.1 Å². The summed E-state index contributed by atoms with van der Waals surface area (Å²) in [5, 5.41) is 0. The molecule has 0 saturated heterocycles. The number of nitrogens with zero attached hydrogens (tertiary/aromatic N) is 2. The molecule has 0 spiro atoms. The lowest BCUT2D eigenvalue weighted by Gasteiger charge is -2.19. The van der Waals surface area contributed by atoms with Crippen LogP contribution in [0.25, 0.3) is 0 Å². The molecule has 0 saturated carbocycles. The fourth-order valence-electron chi connectivity index (χ4n) is 2.47. The monoisotopic (exact) mass is 245 g/mol. The number of rotatable bonds is 2. The van der Waals surface area contributed by atoms with Gasteiger partial charge in [-0.25, -0.2) is 9.37 Å². The molecule has 0 fully saturated rings. The summed E-state index contributed by atoms with van der Waals surface area (Å²) in [6, 6.07) is 6.91. The lowest BCUT2D eigenvalue weighted by atomic mass is 10.1. The minimum atomic E-state index is -0.196. The molecule has 0 amide bonds. The van der Waals surface area contributed by atoms with Crippen molar-refractivity contribution in [1.29, 1.82) is 0 Å². The van der Waals surface area contributed by atoms with Crippen LogP contribution in [-0.2, 0) is 19.4 Å². The van der Waals surface area contributed by atoms with Crippen molar-refractivity contribution in [3.63, 3.8) is 0 Å². The topological polar surface area (TPSA) is 43.8 Å². The van der Waals surface area contributed by atoms with Gasteiger partial charge in [0.2, 0.25) is 0 Å². The highest BCUT2D eigenvalue weighted by Crippen LogP contribution is 2.16. The molecule has 2 heterocycles. The van der Waals surface area contributed by atoms with Crippen LogP contribution in [0.3, 0.4) is 0 Å². The number of hydrogen-bond donors (Lipinski definition) is 1. The van der Waals surface area contributed by atoms with Crippen LogP contribution in [-0.4, -0.2) is 15.6 Å². The van der Waals surface area contributed by atoms with Crippen molar-refractivity contribution in [3.8, 4) is 0 Å². The lowest BCUT2D eigenvalue weighted by Crippen LogP contribution is -2.31. The van der Waals surface area contributed by atoms with Crippen molar-refractivity contribution in [2.24, 2.45) is 5.73 Å². The summed E-state index contributed by atoms with van der Waals surface area (Å²) in [5.41, 5.74) is 7.88. The highest BCUT2D eigenvalue weighted by Gasteiger charge is 2.17. The van der Waals surface area contributed by atoms with Gasteiger partial charge in [-0.15, -0.1) is 0 Å². The Hall–Kier alpha value is -1.68. The average molecular weight is 245 g/mol. The molecule has 2 N–H and O–H groups in total. The summed E-state index contributed by atoms with van der Waals surface area (Å²) < 4.78 is 15.2. The van der Waals surface area contributed by atoms with Gasteiger partial charge in [0.05, 0.1) is 5.69 Å². The Morgan fingerprint density at radius 2 is 2.33 bits per heavy atom. The third kappa shape index (κ3) is 2.29. The highest BCUT2D eigenvalue weighted by atomic mass is 19.1. The molecule has 1 unspecified atom stereocenters. The maximum absolute atomic E-state index is 13.1. The minimum absolute atomic E-state index is 0.196. The number of benzene rings is 1. The zero-order valence-electron chi connectivity index (χ0n) is 10.1. The number of imidazole rings is 1. The lowest BCUT2D eigenvalue weighted by molar-refractivity contribution is 0.453. The van der Waals surface area contributed by atoms with Gasteiger partial charge in [0.15, 0.2) is 0 Å². The smallest absolute Gasteiger partial charge is 0.123 e. The molecule has 18 heavy (non-hydrogen) atoms. The zero-order valence-corrected chi connectivity index (χ0v) is 10.1. The summed E-state index contributed by atoms with van der Waals surface area (Å²) in [6.07, 6.45) is 4.65. The number of halogens is 1. The van der Waals surface area contributed by atoms with Crippen LogP contribution in [0.2, 0.25) is 0 Å². The highest BCUT2D eigenvalue weighted by molar-refractivity contribution is 5.22. The summed E-state index contributed by atoms with van der Waals surface area (Å²) in [4.78, 5) is 4.60. The van der Waals surface area contributed by atoms with E-state index >= 15 is 0 Å². The molecule has 2 aromatic rings. The van der Waals surface area contributed by atoms with E-state index in [2.05, 4.69) is 9.55 Å². The van der Waals surface area contributed by atoms with Gasteiger partial charge in [-0.1, -0.05) is 12.1 Å². The van der Waals surface area contributed by atoms with Crippen molar-refractivity contribution in [3.05, 3.63) is 53.4 Å². The van der Waals surface area contributed by atoms with Crippen LogP contribution in [0.5, 0.6) is 0 Å². The maximum Gasteiger partial charge on any atom is 0.123 e. The summed E-state index contributed by atoms with van der Waals surface area (Å²) in [6.45, 7) is 0.839. The SMILES string of the molecule is NC1CCc2nc(Cc3cccc(F)c3)cn2C1. The van der Waals surface area contributed by atoms with Gasteiger partial charge in [0, 0.05) is 31.6 Å². The molecule has 1 aromatic carbocycles. The van der Waals surface area contributed by atoms with E-state index in [-0.39, 0.29) is 11.9 Å². The van der Waals surface area contributed by atoms with Crippen molar-refractivity contribution < 1.29 is 4.39 Å². The van der Waals surface area contributed by atoms with Crippen LogP contribution in [0.4, 0.5) is 4.39 Å². The van der Waals surface area contributed by atoms with Crippen molar-refractivity contribution in [2.45, 2.75) is 31.8 Å². The molecule has 1 aromatic heterocycles. The third-order valence-electron chi connectivity index (χ3n) is 3.35. The molecule has 3 nitrogen and oxygen atoms in total. The van der Waals surface area contributed by atoms with Crippen molar-refractivity contribution in [2.75, 3.05) is 0 Å². The van der Waals surface area contributed by atoms with E-state index in [9.17, 15) is 4.39 Å². The second-order valence-electron chi connectivity index (χ2n) is 4.91. The molecule has 1 atom stereocenters. The molecular formula is C14H16FN3. The number of nitrogens with two attached hydrogens (primary N) is 1. The first-order valence-corrected chi connectivity index (χ1v) is 6.25. The molecule has 4 heteroatoms. The van der Waals surface area contributed by atoms with Gasteiger partial charge in [-0.2, -0.15) is 0 Å². The normalized spacial score (nSPS) is 18.7. The van der Waals surface area contributed by atoms with Gasteiger partial charge in [0.1, 0.15) is 11.6 Å². The molecule has 0 radical (unpaired) electrons. The zero-order chi connectivity index (χ0) is 12.5. The van der Waals surface area contributed by atoms with Gasteiger partial charge in [-0.3, -0.25) is 0 Å². The first-order valence-electron chi connectivity index (χ1n) is 6.25. The predicted molar refractivity (Wildman–Crippen MR) is 67.7 cm³/mol. The van der Waals surface area contributed by atoms with Crippen molar-refractivity contribution in [1.82, 2.24) is 9.55 Å². The summed E-state index contributed by atoms with van der Waals surface area (Å²) >= 11 is 0. The molecule has 0 aliphatic carbocycles. The Balaban J connectivity index is 1.82. The predicted octanol–water partition coefficient (Wildman–Crippen LogP) is 1.89. The van der Waals surface area contributed by atoms with Gasteiger partial charge in [-0.05, 0) is 24.1 Å². The second kappa shape index (κ2) is 4.53. The van der Waals surface area contributed by atoms with Gasteiger partial charge >= 0.3 is 0 Å². The van der Waals surface area contributed by atoms with E-state index < -0.39 is 0 Å². The number of aromatic nitrogens is 2. The molecular weight excluding hydrogens is 229 g/mol. The molecule has 94 valence electrons. The average Bonchev–Trinajstić information content (AvgIpc) is 2.70. The standard InChI is InChI=1S/C14H16FN3/c15-11-3-1-2-10(6-11)7-13-9-18-8-12(16)4-5-14(18)17-13/h1-3,6,9,12H,4-5,7-8,16H2. The van der Waals surface area contributed by atoms with Crippen LogP contribution < -0.4 is 5.73 Å². The first-order chi connectivity index (χ1) is 8.70. The Morgan fingerprint density at radius 1 is 1.44 bits per heavy atom. The van der Waals surface area contributed by atoms with Gasteiger partial charge < -0.3 is 10.3 Å². The Bertz CT molecular complexity index is 562. The first kappa shape index (κ1) is 11.4. The van der Waals surface area contributed by atoms with Crippen LogP contribution >= 0.6 is 0 Å². The van der Waals surface area contributed by atoms with Crippen molar-refractivity contribution >= 4 is 0 Å². The van der Waals surface area contributed by atoms with Crippen LogP contribution in [0.1, 0.15) is 23.5 Å². The Kier molecular flexibility index (Phi) is 2.88. The third-order valence-corrected chi connectivity index (χ3v) is 3.35. The number of aryl methyl sites for hydroxylation is 1. The van der Waals surface area contributed by atoms with E-state index in [1.165, 1.54) is 6.07 Å². The fraction of sp³-hybridized carbons (Fsp3) is 0.357. The Labute approximate surface area is 105 Å². The maximum atomic E-state index is 13.1. The molecule has 3 rings (SSSR count). The van der Waals surface area contributed by atoms with E-state index in [0.717, 1.165) is 36.5 Å². The fourth-order valence-corrected chi connectivity index (χ4v) is 2.47. The Morgan fingerprint density at radius 3 is 3.17 bits per heavy atom. The number of hydrogen-bond acceptors (Lipinski definition) is 2. The van der Waals surface area contributed by atoms with E-state index in [0.29, 0.717) is 6.42 Å². The van der Waals surface area contributed by atoms with Gasteiger partial charge in [0.25, 0.3) is 0 Å². The molecule has 1 aliphatic rings. The molecule has 0 bridgehead atoms. The molecule has 1 aliphatic heterocycles. The minimum Gasteiger partial charge on any atom is -0.333 e. The summed E-state index contributed by atoms with van der Waals surface area (Å²) in [5.74, 6) is 0.904. The summed E-state index contributed by atoms with van der Waals surface area (Å²) in [7, 11) is 0. The second-order valence-corrected chi connectivity index (χ2v) is 4.91. The van der Waals surface area contributed by atoms with Crippen LogP contribution in [0, 0.1) is 5.82 Å². The van der Waals surface area contributed by atoms with Crippen LogP contribution in [0.15, 0.2) is 30.5 Å². The quantitative estimate of drug-likeness (QED) is 0.878. The number of fused-ring (bicyclic) bond motifs is 1. The van der Waals surface area contributed by atoms with E-state index in [4.69, 9.17) is 5.73 Å². The largest absolute Gasteiger partial charge is 0.333 e. The van der Waals surface area contributed by atoms with E-state index in [1.807, 2.05) is 12.3 Å².